The maximum atomic E-state index is 14.2. The Hall–Kier alpha value is -2.40. The number of guanidine groups is 1. The van der Waals surface area contributed by atoms with E-state index in [9.17, 15) is 4.39 Å². The summed E-state index contributed by atoms with van der Waals surface area (Å²) < 4.78 is 14.2. The first-order chi connectivity index (χ1) is 12.0. The highest BCUT2D eigenvalue weighted by molar-refractivity contribution is 5.79. The molecule has 0 atom stereocenters. The fourth-order valence-electron chi connectivity index (χ4n) is 2.46. The Balaban J connectivity index is 2.02. The van der Waals surface area contributed by atoms with Gasteiger partial charge in [-0.05, 0) is 31.3 Å². The van der Waals surface area contributed by atoms with E-state index < -0.39 is 0 Å². The van der Waals surface area contributed by atoms with E-state index in [2.05, 4.69) is 22.4 Å². The van der Waals surface area contributed by atoms with Crippen molar-refractivity contribution >= 4 is 5.96 Å². The quantitative estimate of drug-likeness (QED) is 0.646. The van der Waals surface area contributed by atoms with Crippen molar-refractivity contribution < 1.29 is 4.39 Å². The molecule has 0 heterocycles. The molecule has 0 bridgehead atoms. The third-order valence-electron chi connectivity index (χ3n) is 3.73. The Bertz CT molecular complexity index is 696. The molecule has 2 aromatic rings. The van der Waals surface area contributed by atoms with Crippen LogP contribution in [0.25, 0.3) is 0 Å². The summed E-state index contributed by atoms with van der Waals surface area (Å²) in [6, 6.07) is 15.5. The summed E-state index contributed by atoms with van der Waals surface area (Å²) in [5.41, 5.74) is 2.75. The number of halogens is 1. The molecule has 0 amide bonds. The number of hydrogen-bond donors (Lipinski definition) is 1. The minimum atomic E-state index is -0.176. The van der Waals surface area contributed by atoms with Gasteiger partial charge < -0.3 is 15.1 Å². The van der Waals surface area contributed by atoms with Crippen molar-refractivity contribution in [3.63, 3.8) is 0 Å². The monoisotopic (exact) mass is 342 g/mol. The highest BCUT2D eigenvalue weighted by Crippen LogP contribution is 2.13. The molecule has 0 radical (unpaired) electrons. The average Bonchev–Trinajstić information content (AvgIpc) is 2.57. The smallest absolute Gasteiger partial charge is 0.194 e. The van der Waals surface area contributed by atoms with Crippen molar-refractivity contribution in [2.24, 2.45) is 4.99 Å². The molecule has 0 aliphatic rings. The number of nitrogens with zero attached hydrogens (tertiary/aromatic N) is 3. The summed E-state index contributed by atoms with van der Waals surface area (Å²) >= 11 is 0. The molecule has 0 saturated heterocycles. The van der Waals surface area contributed by atoms with Crippen molar-refractivity contribution in [3.8, 4) is 0 Å². The second-order valence-electron chi connectivity index (χ2n) is 6.54. The molecular formula is C20H27FN4. The van der Waals surface area contributed by atoms with Gasteiger partial charge in [-0.2, -0.15) is 0 Å². The highest BCUT2D eigenvalue weighted by Gasteiger charge is 2.06. The first-order valence-corrected chi connectivity index (χ1v) is 8.37. The van der Waals surface area contributed by atoms with E-state index >= 15 is 0 Å². The Morgan fingerprint density at radius 2 is 1.72 bits per heavy atom. The van der Waals surface area contributed by atoms with Crippen molar-refractivity contribution in [2.45, 2.75) is 19.6 Å². The summed E-state index contributed by atoms with van der Waals surface area (Å²) in [4.78, 5) is 8.48. The van der Waals surface area contributed by atoms with Crippen molar-refractivity contribution in [1.29, 1.82) is 0 Å². The third kappa shape index (κ3) is 6.19. The Kier molecular flexibility index (Phi) is 6.95. The van der Waals surface area contributed by atoms with Gasteiger partial charge in [0, 0.05) is 32.7 Å². The summed E-state index contributed by atoms with van der Waals surface area (Å²) in [6.07, 6.45) is 0. The molecule has 25 heavy (non-hydrogen) atoms. The van der Waals surface area contributed by atoms with Gasteiger partial charge in [-0.1, -0.05) is 42.5 Å². The van der Waals surface area contributed by atoms with Gasteiger partial charge in [0.2, 0.25) is 0 Å². The van der Waals surface area contributed by atoms with Crippen LogP contribution in [0.1, 0.15) is 16.7 Å². The van der Waals surface area contributed by atoms with Crippen LogP contribution in [0.2, 0.25) is 0 Å². The highest BCUT2D eigenvalue weighted by atomic mass is 19.1. The first kappa shape index (κ1) is 18.9. The minimum Gasteiger partial charge on any atom is -0.352 e. The van der Waals surface area contributed by atoms with Crippen LogP contribution in [0.5, 0.6) is 0 Å². The van der Waals surface area contributed by atoms with E-state index in [0.29, 0.717) is 25.2 Å². The molecule has 5 heteroatoms. The predicted octanol–water partition coefficient (Wildman–Crippen LogP) is 3.09. The lowest BCUT2D eigenvalue weighted by Gasteiger charge is -2.18. The molecule has 134 valence electrons. The summed E-state index contributed by atoms with van der Waals surface area (Å²) in [5, 5.41) is 3.33. The number of benzene rings is 2. The van der Waals surface area contributed by atoms with Gasteiger partial charge in [-0.25, -0.2) is 9.38 Å². The van der Waals surface area contributed by atoms with Gasteiger partial charge in [-0.15, -0.1) is 0 Å². The minimum absolute atomic E-state index is 0.176. The van der Waals surface area contributed by atoms with Gasteiger partial charge in [0.05, 0.1) is 6.54 Å². The van der Waals surface area contributed by atoms with Crippen LogP contribution in [0, 0.1) is 5.82 Å². The molecule has 2 aromatic carbocycles. The molecule has 0 spiro atoms. The average molecular weight is 342 g/mol. The van der Waals surface area contributed by atoms with E-state index in [1.807, 2.05) is 68.3 Å². The summed E-state index contributed by atoms with van der Waals surface area (Å²) in [5.74, 6) is 0.603. The zero-order valence-electron chi connectivity index (χ0n) is 15.5. The molecule has 0 aliphatic heterocycles. The fourth-order valence-corrected chi connectivity index (χ4v) is 2.46. The predicted molar refractivity (Wildman–Crippen MR) is 102 cm³/mol. The zero-order chi connectivity index (χ0) is 18.2. The van der Waals surface area contributed by atoms with Crippen LogP contribution in [0.15, 0.2) is 53.5 Å². The Morgan fingerprint density at radius 1 is 1.00 bits per heavy atom. The van der Waals surface area contributed by atoms with Gasteiger partial charge in [0.1, 0.15) is 5.82 Å². The van der Waals surface area contributed by atoms with E-state index in [0.717, 1.165) is 11.5 Å². The second kappa shape index (κ2) is 9.18. The Labute approximate surface area is 150 Å². The van der Waals surface area contributed by atoms with Crippen LogP contribution >= 0.6 is 0 Å². The first-order valence-electron chi connectivity index (χ1n) is 8.37. The van der Waals surface area contributed by atoms with E-state index in [4.69, 9.17) is 0 Å². The largest absolute Gasteiger partial charge is 0.352 e. The summed E-state index contributed by atoms with van der Waals surface area (Å²) in [6.45, 7) is 1.74. The van der Waals surface area contributed by atoms with Gasteiger partial charge in [-0.3, -0.25) is 0 Å². The standard InChI is InChI=1S/C20H27FN4/c1-24(2)15-18-11-10-17(12-19(18)21)14-23-20(25(3)4)22-13-16-8-6-5-7-9-16/h5-12H,13-15H2,1-4H3,(H,22,23). The molecule has 0 unspecified atom stereocenters. The van der Waals surface area contributed by atoms with Crippen LogP contribution in [-0.4, -0.2) is 44.0 Å². The molecule has 4 nitrogen and oxygen atoms in total. The van der Waals surface area contributed by atoms with Crippen molar-refractivity contribution in [2.75, 3.05) is 28.2 Å². The van der Waals surface area contributed by atoms with E-state index in [1.165, 1.54) is 5.56 Å². The second-order valence-corrected chi connectivity index (χ2v) is 6.54. The molecule has 0 saturated carbocycles. The molecular weight excluding hydrogens is 315 g/mol. The van der Waals surface area contributed by atoms with Gasteiger partial charge in [0.25, 0.3) is 0 Å². The van der Waals surface area contributed by atoms with Gasteiger partial charge in [0.15, 0.2) is 5.96 Å². The number of rotatable bonds is 6. The number of hydrogen-bond acceptors (Lipinski definition) is 2. The van der Waals surface area contributed by atoms with Crippen LogP contribution < -0.4 is 5.32 Å². The molecule has 1 N–H and O–H groups in total. The molecule has 0 fully saturated rings. The van der Waals surface area contributed by atoms with Gasteiger partial charge >= 0.3 is 0 Å². The number of nitrogens with one attached hydrogen (secondary N) is 1. The third-order valence-corrected chi connectivity index (χ3v) is 3.73. The van der Waals surface area contributed by atoms with Crippen LogP contribution in [0.3, 0.4) is 0 Å². The lowest BCUT2D eigenvalue weighted by Crippen LogP contribution is -2.36. The molecule has 0 aliphatic carbocycles. The topological polar surface area (TPSA) is 30.9 Å². The van der Waals surface area contributed by atoms with E-state index in [-0.39, 0.29) is 5.82 Å². The summed E-state index contributed by atoms with van der Waals surface area (Å²) in [7, 11) is 7.74. The van der Waals surface area contributed by atoms with Crippen LogP contribution in [0.4, 0.5) is 4.39 Å². The van der Waals surface area contributed by atoms with Crippen LogP contribution in [-0.2, 0) is 19.6 Å². The SMILES string of the molecule is CN(C)Cc1ccc(CN=C(NCc2ccccc2)N(C)C)cc1F. The Morgan fingerprint density at radius 3 is 2.32 bits per heavy atom. The zero-order valence-corrected chi connectivity index (χ0v) is 15.5. The fraction of sp³-hybridized carbons (Fsp3) is 0.350. The lowest BCUT2D eigenvalue weighted by molar-refractivity contribution is 0.392. The number of aliphatic imine (C=N–C) groups is 1. The van der Waals surface area contributed by atoms with Crippen molar-refractivity contribution in [1.82, 2.24) is 15.1 Å². The maximum absolute atomic E-state index is 14.2. The van der Waals surface area contributed by atoms with E-state index in [1.54, 1.807) is 6.07 Å². The molecule has 2 rings (SSSR count). The normalized spacial score (nSPS) is 11.7. The molecule has 0 aromatic heterocycles. The maximum Gasteiger partial charge on any atom is 0.194 e. The van der Waals surface area contributed by atoms with Crippen molar-refractivity contribution in [3.05, 3.63) is 71.0 Å². The lowest BCUT2D eigenvalue weighted by atomic mass is 10.1.